The number of nitriles is 1. The van der Waals surface area contributed by atoms with E-state index in [1.807, 2.05) is 17.8 Å². The van der Waals surface area contributed by atoms with Crippen LogP contribution in [-0.2, 0) is 11.8 Å². The van der Waals surface area contributed by atoms with E-state index in [1.54, 1.807) is 23.4 Å². The smallest absolute Gasteiger partial charge is 0.270 e. The quantitative estimate of drug-likeness (QED) is 0.489. The molecule has 0 N–H and O–H groups in total. The monoisotopic (exact) mass is 474 g/mol. The summed E-state index contributed by atoms with van der Waals surface area (Å²) >= 11 is 8.81. The second kappa shape index (κ2) is 9.39. The number of aromatic nitrogens is 1. The molecule has 3 heterocycles. The molecule has 0 aromatic carbocycles. The van der Waals surface area contributed by atoms with Gasteiger partial charge in [0.1, 0.15) is 21.8 Å². The maximum atomic E-state index is 13.3. The van der Waals surface area contributed by atoms with Crippen molar-refractivity contribution in [3.8, 4) is 6.07 Å². The molecule has 1 amide bonds. The van der Waals surface area contributed by atoms with Gasteiger partial charge in [0.15, 0.2) is 0 Å². The van der Waals surface area contributed by atoms with E-state index in [0.29, 0.717) is 14.8 Å². The zero-order valence-corrected chi connectivity index (χ0v) is 20.3. The lowest BCUT2D eigenvalue weighted by Gasteiger charge is -2.32. The molecule has 0 bridgehead atoms. The largest absolute Gasteiger partial charge is 0.356 e. The van der Waals surface area contributed by atoms with Crippen molar-refractivity contribution in [1.29, 1.82) is 5.26 Å². The van der Waals surface area contributed by atoms with E-state index in [1.165, 1.54) is 18.2 Å². The molecule has 3 aliphatic rings. The number of amides is 1. The predicted octanol–water partition coefficient (Wildman–Crippen LogP) is 3.65. The molecule has 164 valence electrons. The molecular weight excluding hydrogens is 448 g/mol. The summed E-state index contributed by atoms with van der Waals surface area (Å²) in [6.07, 6.45) is 7.32. The van der Waals surface area contributed by atoms with Gasteiger partial charge in [-0.3, -0.25) is 19.1 Å². The number of pyridine rings is 1. The number of carbonyl (C=O) groups is 1. The molecule has 4 rings (SSSR count). The summed E-state index contributed by atoms with van der Waals surface area (Å²) in [7, 11) is 1.71. The van der Waals surface area contributed by atoms with Gasteiger partial charge in [-0.05, 0) is 31.4 Å². The number of thiocarbonyl (C=S) groups is 1. The van der Waals surface area contributed by atoms with Gasteiger partial charge in [-0.2, -0.15) is 17.0 Å². The maximum Gasteiger partial charge on any atom is 0.270 e. The number of carbonyl (C=O) groups excluding carboxylic acids is 1. The fraction of sp³-hybridized carbons (Fsp3) is 0.545. The fourth-order valence-corrected chi connectivity index (χ4v) is 6.92. The normalized spacial score (nSPS) is 21.8. The summed E-state index contributed by atoms with van der Waals surface area (Å²) in [5.74, 6) is 2.70. The minimum Gasteiger partial charge on any atom is -0.356 e. The van der Waals surface area contributed by atoms with E-state index in [4.69, 9.17) is 12.2 Å². The highest BCUT2D eigenvalue weighted by molar-refractivity contribution is 8.26. The van der Waals surface area contributed by atoms with E-state index in [-0.39, 0.29) is 23.1 Å². The van der Waals surface area contributed by atoms with E-state index >= 15 is 0 Å². The third-order valence-electron chi connectivity index (χ3n) is 6.32. The predicted molar refractivity (Wildman–Crippen MR) is 133 cm³/mol. The summed E-state index contributed by atoms with van der Waals surface area (Å²) in [4.78, 5) is 30.7. The Bertz CT molecular complexity index is 1040. The number of rotatable bonds is 3. The van der Waals surface area contributed by atoms with Crippen molar-refractivity contribution in [1.82, 2.24) is 9.47 Å². The van der Waals surface area contributed by atoms with Crippen molar-refractivity contribution in [2.24, 2.45) is 7.05 Å². The Kier molecular flexibility index (Phi) is 6.80. The van der Waals surface area contributed by atoms with Crippen LogP contribution in [0.2, 0.25) is 0 Å². The van der Waals surface area contributed by atoms with E-state index < -0.39 is 0 Å². The van der Waals surface area contributed by atoms with Gasteiger partial charge in [-0.1, -0.05) is 43.2 Å². The van der Waals surface area contributed by atoms with Gasteiger partial charge in [-0.25, -0.2) is 0 Å². The van der Waals surface area contributed by atoms with E-state index in [9.17, 15) is 14.9 Å². The lowest BCUT2D eigenvalue weighted by atomic mass is 9.94. The van der Waals surface area contributed by atoms with Gasteiger partial charge >= 0.3 is 0 Å². The Morgan fingerprint density at radius 1 is 1.16 bits per heavy atom. The molecule has 2 saturated heterocycles. The van der Waals surface area contributed by atoms with Crippen molar-refractivity contribution >= 4 is 57.9 Å². The Hall–Kier alpha value is -1.76. The zero-order chi connectivity index (χ0) is 22.1. The van der Waals surface area contributed by atoms with Crippen molar-refractivity contribution < 1.29 is 4.79 Å². The van der Waals surface area contributed by atoms with Crippen LogP contribution >= 0.6 is 35.7 Å². The van der Waals surface area contributed by atoms with Crippen molar-refractivity contribution in [3.63, 3.8) is 0 Å². The van der Waals surface area contributed by atoms with Gasteiger partial charge in [0, 0.05) is 43.2 Å². The van der Waals surface area contributed by atoms with E-state index in [0.717, 1.165) is 61.7 Å². The highest BCUT2D eigenvalue weighted by Crippen LogP contribution is 2.39. The first kappa shape index (κ1) is 22.4. The lowest BCUT2D eigenvalue weighted by Crippen LogP contribution is -2.39. The highest BCUT2D eigenvalue weighted by atomic mass is 32.2. The molecule has 0 unspecified atom stereocenters. The first-order valence-electron chi connectivity index (χ1n) is 10.7. The van der Waals surface area contributed by atoms with Crippen LogP contribution in [0.15, 0.2) is 9.70 Å². The lowest BCUT2D eigenvalue weighted by molar-refractivity contribution is -0.124. The van der Waals surface area contributed by atoms with E-state index in [2.05, 4.69) is 11.0 Å². The van der Waals surface area contributed by atoms with Crippen molar-refractivity contribution in [3.05, 3.63) is 31.9 Å². The summed E-state index contributed by atoms with van der Waals surface area (Å²) < 4.78 is 2.18. The molecule has 0 atom stereocenters. The van der Waals surface area contributed by atoms with Crippen LogP contribution in [0.3, 0.4) is 0 Å². The maximum absolute atomic E-state index is 13.3. The summed E-state index contributed by atoms with van der Waals surface area (Å²) in [5, 5.41) is 9.61. The van der Waals surface area contributed by atoms with Gasteiger partial charge in [-0.15, -0.1) is 0 Å². The molecule has 1 saturated carbocycles. The number of nitrogens with zero attached hydrogens (tertiary/aromatic N) is 4. The molecule has 0 radical (unpaired) electrons. The van der Waals surface area contributed by atoms with Gasteiger partial charge in [0.2, 0.25) is 0 Å². The molecule has 0 spiro atoms. The topological polar surface area (TPSA) is 69.3 Å². The van der Waals surface area contributed by atoms with Crippen LogP contribution in [0.25, 0.3) is 6.08 Å². The van der Waals surface area contributed by atoms with Crippen molar-refractivity contribution in [2.75, 3.05) is 29.5 Å². The molecule has 1 aromatic rings. The minimum atomic E-state index is -0.292. The standard InChI is InChI=1S/C22H26N4O2S3/c1-14-16(12-18-21(28)26(22(29)31-18)15-6-4-3-5-7-15)19(25-8-10-30-11-9-25)24(2)20(27)17(14)13-23/h12,15H,3-11H2,1-2H3/b18-12-. The first-order valence-corrected chi connectivity index (χ1v) is 13.1. The third-order valence-corrected chi connectivity index (χ3v) is 8.59. The second-order valence-electron chi connectivity index (χ2n) is 8.16. The van der Waals surface area contributed by atoms with Gasteiger partial charge in [0.25, 0.3) is 11.5 Å². The van der Waals surface area contributed by atoms with Crippen LogP contribution in [0.1, 0.15) is 48.8 Å². The Morgan fingerprint density at radius 2 is 1.84 bits per heavy atom. The summed E-state index contributed by atoms with van der Waals surface area (Å²) in [6, 6.07) is 2.25. The SMILES string of the molecule is Cc1c(/C=C2\SC(=S)N(C3CCCCC3)C2=O)c(N2CCSCC2)n(C)c(=O)c1C#N. The first-order chi connectivity index (χ1) is 14.9. The van der Waals surface area contributed by atoms with Crippen LogP contribution in [0, 0.1) is 18.3 Å². The Balaban J connectivity index is 1.80. The van der Waals surface area contributed by atoms with Gasteiger partial charge in [0.05, 0.1) is 4.91 Å². The molecule has 2 aliphatic heterocycles. The molecule has 1 aromatic heterocycles. The molecule has 9 heteroatoms. The van der Waals surface area contributed by atoms with Crippen molar-refractivity contribution in [2.45, 2.75) is 45.1 Å². The Morgan fingerprint density at radius 3 is 2.48 bits per heavy atom. The summed E-state index contributed by atoms with van der Waals surface area (Å²) in [6.45, 7) is 3.45. The summed E-state index contributed by atoms with van der Waals surface area (Å²) in [5.41, 5.74) is 1.24. The Labute approximate surface area is 196 Å². The molecule has 31 heavy (non-hydrogen) atoms. The minimum absolute atomic E-state index is 0.0474. The third kappa shape index (κ3) is 4.18. The molecule has 1 aliphatic carbocycles. The average molecular weight is 475 g/mol. The second-order valence-corrected chi connectivity index (χ2v) is 11.1. The highest BCUT2D eigenvalue weighted by Gasteiger charge is 2.38. The number of anilines is 1. The number of hydrogen-bond donors (Lipinski definition) is 0. The van der Waals surface area contributed by atoms with Crippen LogP contribution < -0.4 is 10.5 Å². The number of hydrogen-bond acceptors (Lipinski definition) is 7. The molecular formula is C22H26N4O2S3. The fourth-order valence-electron chi connectivity index (χ4n) is 4.63. The zero-order valence-electron chi connectivity index (χ0n) is 17.8. The average Bonchev–Trinajstić information content (AvgIpc) is 3.06. The molecule has 3 fully saturated rings. The number of thioether (sulfide) groups is 2. The van der Waals surface area contributed by atoms with Crippen LogP contribution in [-0.4, -0.2) is 50.3 Å². The molecule has 6 nitrogen and oxygen atoms in total. The van der Waals surface area contributed by atoms with Gasteiger partial charge < -0.3 is 4.90 Å². The van der Waals surface area contributed by atoms with Crippen LogP contribution in [0.5, 0.6) is 0 Å². The van der Waals surface area contributed by atoms with Crippen LogP contribution in [0.4, 0.5) is 5.82 Å².